The SMILES string of the molecule is CC1OCCC1(C)Nc1cccc(Cl)c1C(N)=S. The fraction of sp³-hybridized carbons (Fsp3) is 0.462. The smallest absolute Gasteiger partial charge is 0.107 e. The molecule has 0 bridgehead atoms. The van der Waals surface area contributed by atoms with Crippen LogP contribution in [0.4, 0.5) is 5.69 Å². The highest BCUT2D eigenvalue weighted by Gasteiger charge is 2.37. The first kappa shape index (κ1) is 13.6. The third-order valence-electron chi connectivity index (χ3n) is 3.57. The number of rotatable bonds is 3. The second-order valence-electron chi connectivity index (χ2n) is 4.83. The normalized spacial score (nSPS) is 27.2. The van der Waals surface area contributed by atoms with Crippen molar-refractivity contribution in [1.82, 2.24) is 0 Å². The van der Waals surface area contributed by atoms with E-state index in [1.165, 1.54) is 0 Å². The lowest BCUT2D eigenvalue weighted by Gasteiger charge is -2.31. The number of ether oxygens (including phenoxy) is 1. The molecule has 3 nitrogen and oxygen atoms in total. The fourth-order valence-electron chi connectivity index (χ4n) is 2.19. The summed E-state index contributed by atoms with van der Waals surface area (Å²) in [5.41, 5.74) is 7.20. The van der Waals surface area contributed by atoms with Crippen molar-refractivity contribution < 1.29 is 4.74 Å². The van der Waals surface area contributed by atoms with Gasteiger partial charge in [-0.1, -0.05) is 29.9 Å². The molecule has 1 aliphatic heterocycles. The van der Waals surface area contributed by atoms with Gasteiger partial charge in [0.2, 0.25) is 0 Å². The second kappa shape index (κ2) is 5.03. The molecular weight excluding hydrogens is 268 g/mol. The number of benzene rings is 1. The van der Waals surface area contributed by atoms with Crippen LogP contribution in [0.15, 0.2) is 18.2 Å². The van der Waals surface area contributed by atoms with E-state index in [-0.39, 0.29) is 11.6 Å². The molecular formula is C13H17ClN2OS. The Morgan fingerprint density at radius 1 is 1.61 bits per heavy atom. The summed E-state index contributed by atoms with van der Waals surface area (Å²) < 4.78 is 5.61. The lowest BCUT2D eigenvalue weighted by Crippen LogP contribution is -2.41. The van der Waals surface area contributed by atoms with Gasteiger partial charge in [-0.3, -0.25) is 0 Å². The Hall–Kier alpha value is -0.840. The maximum Gasteiger partial charge on any atom is 0.107 e. The zero-order valence-corrected chi connectivity index (χ0v) is 12.1. The van der Waals surface area contributed by atoms with Gasteiger partial charge in [-0.05, 0) is 32.4 Å². The van der Waals surface area contributed by atoms with Crippen LogP contribution < -0.4 is 11.1 Å². The highest BCUT2D eigenvalue weighted by molar-refractivity contribution is 7.80. The second-order valence-corrected chi connectivity index (χ2v) is 5.68. The summed E-state index contributed by atoms with van der Waals surface area (Å²) in [5, 5.41) is 4.05. The molecule has 2 unspecified atom stereocenters. The number of halogens is 1. The average molecular weight is 285 g/mol. The van der Waals surface area contributed by atoms with Crippen LogP contribution in [0.5, 0.6) is 0 Å². The van der Waals surface area contributed by atoms with E-state index in [2.05, 4.69) is 19.2 Å². The number of hydrogen-bond donors (Lipinski definition) is 2. The van der Waals surface area contributed by atoms with Gasteiger partial charge in [-0.2, -0.15) is 0 Å². The molecule has 0 saturated carbocycles. The maximum absolute atomic E-state index is 6.15. The van der Waals surface area contributed by atoms with Crippen LogP contribution in [-0.2, 0) is 4.74 Å². The largest absolute Gasteiger partial charge is 0.389 e. The molecule has 1 aliphatic rings. The summed E-state index contributed by atoms with van der Waals surface area (Å²) >= 11 is 11.2. The molecule has 0 amide bonds. The first-order chi connectivity index (χ1) is 8.44. The molecule has 1 fully saturated rings. The Labute approximate surface area is 118 Å². The van der Waals surface area contributed by atoms with Crippen LogP contribution in [-0.4, -0.2) is 23.2 Å². The van der Waals surface area contributed by atoms with Gasteiger partial charge in [0.25, 0.3) is 0 Å². The van der Waals surface area contributed by atoms with Crippen LogP contribution in [0, 0.1) is 0 Å². The number of thiocarbonyl (C=S) groups is 1. The van der Waals surface area contributed by atoms with E-state index in [9.17, 15) is 0 Å². The van der Waals surface area contributed by atoms with Crippen LogP contribution in [0.1, 0.15) is 25.8 Å². The highest BCUT2D eigenvalue weighted by atomic mass is 35.5. The number of nitrogens with two attached hydrogens (primary N) is 1. The lowest BCUT2D eigenvalue weighted by atomic mass is 9.93. The Morgan fingerprint density at radius 2 is 2.33 bits per heavy atom. The predicted molar refractivity (Wildman–Crippen MR) is 79.4 cm³/mol. The molecule has 1 aromatic carbocycles. The van der Waals surface area contributed by atoms with Gasteiger partial charge in [0.05, 0.1) is 22.2 Å². The van der Waals surface area contributed by atoms with E-state index in [4.69, 9.17) is 34.3 Å². The van der Waals surface area contributed by atoms with Gasteiger partial charge in [-0.25, -0.2) is 0 Å². The van der Waals surface area contributed by atoms with Crippen LogP contribution in [0.25, 0.3) is 0 Å². The van der Waals surface area contributed by atoms with Crippen molar-refractivity contribution in [3.63, 3.8) is 0 Å². The minimum absolute atomic E-state index is 0.121. The summed E-state index contributed by atoms with van der Waals surface area (Å²) in [6, 6.07) is 5.62. The fourth-order valence-corrected chi connectivity index (χ4v) is 2.74. The van der Waals surface area contributed by atoms with Gasteiger partial charge in [0.15, 0.2) is 0 Å². The Balaban J connectivity index is 2.35. The maximum atomic E-state index is 6.15. The predicted octanol–water partition coefficient (Wildman–Crippen LogP) is 2.95. The molecule has 0 aromatic heterocycles. The van der Waals surface area contributed by atoms with Crippen LogP contribution in [0.2, 0.25) is 5.02 Å². The molecule has 3 N–H and O–H groups in total. The quantitative estimate of drug-likeness (QED) is 0.838. The zero-order valence-electron chi connectivity index (χ0n) is 10.5. The lowest BCUT2D eigenvalue weighted by molar-refractivity contribution is 0.105. The monoisotopic (exact) mass is 284 g/mol. The van der Waals surface area contributed by atoms with Crippen LogP contribution in [0.3, 0.4) is 0 Å². The van der Waals surface area contributed by atoms with Crippen LogP contribution >= 0.6 is 23.8 Å². The van der Waals surface area contributed by atoms with Gasteiger partial charge in [-0.15, -0.1) is 0 Å². The molecule has 1 aromatic rings. The van der Waals surface area contributed by atoms with E-state index >= 15 is 0 Å². The van der Waals surface area contributed by atoms with Crippen molar-refractivity contribution in [2.75, 3.05) is 11.9 Å². The number of anilines is 1. The van der Waals surface area contributed by atoms with Crippen molar-refractivity contribution in [2.24, 2.45) is 5.73 Å². The third-order valence-corrected chi connectivity index (χ3v) is 4.09. The molecule has 5 heteroatoms. The summed E-state index contributed by atoms with van der Waals surface area (Å²) in [6.45, 7) is 4.95. The van der Waals surface area contributed by atoms with Gasteiger partial charge in [0, 0.05) is 12.3 Å². The standard InChI is InChI=1S/C13H17ClN2OS/c1-8-13(2,6-7-17-8)16-10-5-3-4-9(14)11(10)12(15)18/h3-5,8,16H,6-7H2,1-2H3,(H2,15,18). The highest BCUT2D eigenvalue weighted by Crippen LogP contribution is 2.33. The minimum Gasteiger partial charge on any atom is -0.389 e. The molecule has 0 radical (unpaired) electrons. The number of nitrogens with one attached hydrogen (secondary N) is 1. The van der Waals surface area contributed by atoms with E-state index in [0.29, 0.717) is 15.6 Å². The van der Waals surface area contributed by atoms with Gasteiger partial charge < -0.3 is 15.8 Å². The van der Waals surface area contributed by atoms with E-state index in [1.54, 1.807) is 6.07 Å². The third kappa shape index (κ3) is 2.46. The molecule has 18 heavy (non-hydrogen) atoms. The van der Waals surface area contributed by atoms with Crippen molar-refractivity contribution in [2.45, 2.75) is 31.9 Å². The van der Waals surface area contributed by atoms with Gasteiger partial charge >= 0.3 is 0 Å². The zero-order chi connectivity index (χ0) is 13.3. The van der Waals surface area contributed by atoms with Crippen molar-refractivity contribution in [1.29, 1.82) is 0 Å². The average Bonchev–Trinajstić information content (AvgIpc) is 2.58. The molecule has 98 valence electrons. The summed E-state index contributed by atoms with van der Waals surface area (Å²) in [5.74, 6) is 0. The summed E-state index contributed by atoms with van der Waals surface area (Å²) in [4.78, 5) is 0.304. The first-order valence-electron chi connectivity index (χ1n) is 5.92. The topological polar surface area (TPSA) is 47.3 Å². The first-order valence-corrected chi connectivity index (χ1v) is 6.71. The van der Waals surface area contributed by atoms with Crippen molar-refractivity contribution >= 4 is 34.5 Å². The Morgan fingerprint density at radius 3 is 2.89 bits per heavy atom. The Bertz CT molecular complexity index is 480. The Kier molecular flexibility index (Phi) is 3.80. The van der Waals surface area contributed by atoms with E-state index in [1.807, 2.05) is 12.1 Å². The molecule has 1 saturated heterocycles. The molecule has 0 aliphatic carbocycles. The van der Waals surface area contributed by atoms with Gasteiger partial charge in [0.1, 0.15) is 4.99 Å². The molecule has 2 rings (SSSR count). The van der Waals surface area contributed by atoms with E-state index in [0.717, 1.165) is 18.7 Å². The molecule has 2 atom stereocenters. The van der Waals surface area contributed by atoms with E-state index < -0.39 is 0 Å². The minimum atomic E-state index is -0.121. The molecule has 1 heterocycles. The van der Waals surface area contributed by atoms with Crippen molar-refractivity contribution in [3.8, 4) is 0 Å². The summed E-state index contributed by atoms with van der Waals surface area (Å²) in [7, 11) is 0. The molecule has 0 spiro atoms. The number of hydrogen-bond acceptors (Lipinski definition) is 3. The summed E-state index contributed by atoms with van der Waals surface area (Å²) in [6.07, 6.45) is 1.08. The van der Waals surface area contributed by atoms with Crippen molar-refractivity contribution in [3.05, 3.63) is 28.8 Å².